The Kier molecular flexibility index (Phi) is 6.16. The molecule has 3 amide bonds. The molecule has 0 saturated carbocycles. The summed E-state index contributed by atoms with van der Waals surface area (Å²) in [6.07, 6.45) is 2.44. The Balaban J connectivity index is 1.81. The standard InChI is InChI=1S/C22H23FN2O4/c1-4-14(2)29-19-10-9-15(12-20(19)28-3)11-18-21(26)25(22(27)24-18)13-16-7-5-6-8-17(16)23/h5-12,14H,4,13H2,1-3H3,(H,24,27)/b18-11+/t14-/m0/s1. The van der Waals surface area contributed by atoms with E-state index in [2.05, 4.69) is 5.32 Å². The van der Waals surface area contributed by atoms with Crippen LogP contribution in [0.1, 0.15) is 31.4 Å². The van der Waals surface area contributed by atoms with Gasteiger partial charge in [0.1, 0.15) is 11.5 Å². The SMILES string of the molecule is CC[C@H](C)Oc1ccc(/C=C2/NC(=O)N(Cc3ccccc3F)C2=O)cc1OC. The Bertz CT molecular complexity index is 958. The highest BCUT2D eigenvalue weighted by molar-refractivity contribution is 6.13. The second-order valence-electron chi connectivity index (χ2n) is 6.72. The smallest absolute Gasteiger partial charge is 0.329 e. The van der Waals surface area contributed by atoms with Crippen LogP contribution in [0.5, 0.6) is 11.5 Å². The van der Waals surface area contributed by atoms with Gasteiger partial charge in [-0.2, -0.15) is 0 Å². The van der Waals surface area contributed by atoms with Crippen LogP contribution in [0.2, 0.25) is 0 Å². The quantitative estimate of drug-likeness (QED) is 0.563. The minimum Gasteiger partial charge on any atom is -0.493 e. The van der Waals surface area contributed by atoms with Gasteiger partial charge in [-0.3, -0.25) is 9.69 Å². The molecule has 0 spiro atoms. The lowest BCUT2D eigenvalue weighted by molar-refractivity contribution is -0.123. The fraction of sp³-hybridized carbons (Fsp3) is 0.273. The molecule has 29 heavy (non-hydrogen) atoms. The molecule has 7 heteroatoms. The minimum atomic E-state index is -0.590. The number of carbonyl (C=O) groups excluding carboxylic acids is 2. The molecule has 0 radical (unpaired) electrons. The highest BCUT2D eigenvalue weighted by atomic mass is 19.1. The Morgan fingerprint density at radius 2 is 1.93 bits per heavy atom. The maximum Gasteiger partial charge on any atom is 0.329 e. The second-order valence-corrected chi connectivity index (χ2v) is 6.72. The Morgan fingerprint density at radius 1 is 1.17 bits per heavy atom. The van der Waals surface area contributed by atoms with E-state index in [1.165, 1.54) is 13.2 Å². The van der Waals surface area contributed by atoms with Crippen LogP contribution in [-0.2, 0) is 11.3 Å². The van der Waals surface area contributed by atoms with Gasteiger partial charge in [-0.15, -0.1) is 0 Å². The van der Waals surface area contributed by atoms with Crippen molar-refractivity contribution in [3.05, 3.63) is 65.1 Å². The number of nitrogens with zero attached hydrogens (tertiary/aromatic N) is 1. The van der Waals surface area contributed by atoms with Crippen molar-refractivity contribution in [1.29, 1.82) is 0 Å². The van der Waals surface area contributed by atoms with Crippen molar-refractivity contribution in [2.45, 2.75) is 32.9 Å². The van der Waals surface area contributed by atoms with Gasteiger partial charge in [0.2, 0.25) is 0 Å². The molecule has 0 unspecified atom stereocenters. The van der Waals surface area contributed by atoms with E-state index in [-0.39, 0.29) is 23.9 Å². The molecule has 0 aliphatic carbocycles. The van der Waals surface area contributed by atoms with Crippen LogP contribution in [0.25, 0.3) is 6.08 Å². The number of imide groups is 1. The molecular weight excluding hydrogens is 375 g/mol. The maximum atomic E-state index is 13.9. The van der Waals surface area contributed by atoms with Gasteiger partial charge in [-0.25, -0.2) is 9.18 Å². The summed E-state index contributed by atoms with van der Waals surface area (Å²) in [4.78, 5) is 25.8. The van der Waals surface area contributed by atoms with Gasteiger partial charge in [0.25, 0.3) is 5.91 Å². The molecule has 1 N–H and O–H groups in total. The zero-order valence-corrected chi connectivity index (χ0v) is 16.6. The summed E-state index contributed by atoms with van der Waals surface area (Å²) >= 11 is 0. The van der Waals surface area contributed by atoms with Crippen LogP contribution in [0.3, 0.4) is 0 Å². The normalized spacial score (nSPS) is 16.1. The number of halogens is 1. The highest BCUT2D eigenvalue weighted by Crippen LogP contribution is 2.30. The molecule has 2 aromatic rings. The van der Waals surface area contributed by atoms with Crippen molar-refractivity contribution in [3.63, 3.8) is 0 Å². The molecular formula is C22H23FN2O4. The van der Waals surface area contributed by atoms with Crippen LogP contribution < -0.4 is 14.8 Å². The lowest BCUT2D eigenvalue weighted by Gasteiger charge is -2.15. The fourth-order valence-electron chi connectivity index (χ4n) is 2.85. The van der Waals surface area contributed by atoms with Gasteiger partial charge in [0.05, 0.1) is 19.8 Å². The van der Waals surface area contributed by atoms with E-state index in [1.54, 1.807) is 42.5 Å². The Morgan fingerprint density at radius 3 is 2.62 bits per heavy atom. The number of carbonyl (C=O) groups is 2. The van der Waals surface area contributed by atoms with E-state index >= 15 is 0 Å². The molecule has 1 aliphatic heterocycles. The number of rotatable bonds is 7. The molecule has 2 aromatic carbocycles. The first kappa shape index (κ1) is 20.4. The van der Waals surface area contributed by atoms with E-state index in [4.69, 9.17) is 9.47 Å². The third-order valence-electron chi connectivity index (χ3n) is 4.65. The maximum absolute atomic E-state index is 13.9. The summed E-state index contributed by atoms with van der Waals surface area (Å²) in [6.45, 7) is 3.85. The fourth-order valence-corrected chi connectivity index (χ4v) is 2.85. The number of amides is 3. The summed E-state index contributed by atoms with van der Waals surface area (Å²) in [7, 11) is 1.54. The zero-order chi connectivity index (χ0) is 21.0. The molecule has 0 bridgehead atoms. The van der Waals surface area contributed by atoms with E-state index in [1.807, 2.05) is 13.8 Å². The van der Waals surface area contributed by atoms with Crippen molar-refractivity contribution in [1.82, 2.24) is 10.2 Å². The van der Waals surface area contributed by atoms with Crippen molar-refractivity contribution in [2.75, 3.05) is 7.11 Å². The van der Waals surface area contributed by atoms with Gasteiger partial charge in [-0.05, 0) is 43.2 Å². The number of hydrogen-bond donors (Lipinski definition) is 1. The minimum absolute atomic E-state index is 0.0377. The number of ether oxygens (including phenoxy) is 2. The van der Waals surface area contributed by atoms with Crippen LogP contribution in [0.15, 0.2) is 48.2 Å². The van der Waals surface area contributed by atoms with E-state index in [0.717, 1.165) is 11.3 Å². The number of benzene rings is 2. The molecule has 1 atom stereocenters. The molecule has 1 aliphatic rings. The molecule has 1 heterocycles. The summed E-state index contributed by atoms with van der Waals surface area (Å²) in [5.74, 6) is 0.149. The van der Waals surface area contributed by atoms with Crippen molar-refractivity contribution < 1.29 is 23.5 Å². The predicted molar refractivity (Wildman–Crippen MR) is 107 cm³/mol. The van der Waals surface area contributed by atoms with Gasteiger partial charge in [-0.1, -0.05) is 31.2 Å². The van der Waals surface area contributed by atoms with Crippen LogP contribution in [0, 0.1) is 5.82 Å². The summed E-state index contributed by atoms with van der Waals surface area (Å²) in [5.41, 5.74) is 1.05. The summed E-state index contributed by atoms with van der Waals surface area (Å²) in [6, 6.07) is 10.7. The first-order valence-corrected chi connectivity index (χ1v) is 9.35. The largest absolute Gasteiger partial charge is 0.493 e. The topological polar surface area (TPSA) is 67.9 Å². The van der Waals surface area contributed by atoms with Crippen molar-refractivity contribution in [2.24, 2.45) is 0 Å². The average Bonchev–Trinajstić information content (AvgIpc) is 2.97. The number of nitrogens with one attached hydrogen (secondary N) is 1. The number of methoxy groups -OCH3 is 1. The third kappa shape index (κ3) is 4.56. The van der Waals surface area contributed by atoms with E-state index < -0.39 is 17.8 Å². The molecule has 6 nitrogen and oxygen atoms in total. The number of urea groups is 1. The Labute approximate surface area is 168 Å². The first-order valence-electron chi connectivity index (χ1n) is 9.35. The third-order valence-corrected chi connectivity index (χ3v) is 4.65. The van der Waals surface area contributed by atoms with Crippen LogP contribution >= 0.6 is 0 Å². The second kappa shape index (κ2) is 8.77. The molecule has 152 valence electrons. The zero-order valence-electron chi connectivity index (χ0n) is 16.6. The molecule has 1 saturated heterocycles. The van der Waals surface area contributed by atoms with E-state index in [9.17, 15) is 14.0 Å². The van der Waals surface area contributed by atoms with Gasteiger partial charge >= 0.3 is 6.03 Å². The Hall–Kier alpha value is -3.35. The summed E-state index contributed by atoms with van der Waals surface area (Å²) in [5, 5.41) is 2.54. The van der Waals surface area contributed by atoms with Gasteiger partial charge in [0.15, 0.2) is 11.5 Å². The molecule has 0 aromatic heterocycles. The molecule has 1 fully saturated rings. The number of hydrogen-bond acceptors (Lipinski definition) is 4. The van der Waals surface area contributed by atoms with E-state index in [0.29, 0.717) is 17.1 Å². The first-order chi connectivity index (χ1) is 13.9. The van der Waals surface area contributed by atoms with Gasteiger partial charge in [0, 0.05) is 5.56 Å². The lowest BCUT2D eigenvalue weighted by Crippen LogP contribution is -2.30. The van der Waals surface area contributed by atoms with Crippen LogP contribution in [-0.4, -0.2) is 30.1 Å². The average molecular weight is 398 g/mol. The summed E-state index contributed by atoms with van der Waals surface area (Å²) < 4.78 is 25.1. The predicted octanol–water partition coefficient (Wildman–Crippen LogP) is 4.10. The lowest BCUT2D eigenvalue weighted by atomic mass is 10.1. The highest BCUT2D eigenvalue weighted by Gasteiger charge is 2.34. The van der Waals surface area contributed by atoms with Crippen molar-refractivity contribution >= 4 is 18.0 Å². The van der Waals surface area contributed by atoms with Crippen LogP contribution in [0.4, 0.5) is 9.18 Å². The van der Waals surface area contributed by atoms with Crippen molar-refractivity contribution in [3.8, 4) is 11.5 Å². The van der Waals surface area contributed by atoms with Gasteiger partial charge < -0.3 is 14.8 Å². The molecule has 3 rings (SSSR count). The monoisotopic (exact) mass is 398 g/mol.